The van der Waals surface area contributed by atoms with Crippen LogP contribution < -0.4 is 10.6 Å². The summed E-state index contributed by atoms with van der Waals surface area (Å²) in [7, 11) is 0. The summed E-state index contributed by atoms with van der Waals surface area (Å²) < 4.78 is 0. The van der Waals surface area contributed by atoms with Gasteiger partial charge in [-0.2, -0.15) is 0 Å². The summed E-state index contributed by atoms with van der Waals surface area (Å²) in [5.74, 6) is 1.66. The zero-order valence-corrected chi connectivity index (χ0v) is 11.1. The molecule has 98 valence electrons. The van der Waals surface area contributed by atoms with Crippen molar-refractivity contribution in [2.24, 2.45) is 5.92 Å². The zero-order chi connectivity index (χ0) is 11.5. The number of nitrogens with one attached hydrogen (secondary N) is 3. The van der Waals surface area contributed by atoms with E-state index in [0.29, 0.717) is 0 Å². The van der Waals surface area contributed by atoms with Crippen molar-refractivity contribution in [2.45, 2.75) is 12.8 Å². The summed E-state index contributed by atoms with van der Waals surface area (Å²) in [5, 5.41) is 6.79. The highest BCUT2D eigenvalue weighted by atomic mass is 35.5. The molecule has 5 heteroatoms. The highest BCUT2D eigenvalue weighted by Crippen LogP contribution is 2.15. The van der Waals surface area contributed by atoms with E-state index < -0.39 is 0 Å². The maximum absolute atomic E-state index is 4.51. The largest absolute Gasteiger partial charge is 0.356 e. The Bertz CT molecular complexity index is 457. The third-order valence-corrected chi connectivity index (χ3v) is 3.41. The third kappa shape index (κ3) is 2.94. The molecule has 2 heterocycles. The molecule has 18 heavy (non-hydrogen) atoms. The number of anilines is 1. The van der Waals surface area contributed by atoms with E-state index >= 15 is 0 Å². The van der Waals surface area contributed by atoms with E-state index in [1.807, 2.05) is 18.2 Å². The van der Waals surface area contributed by atoms with Crippen LogP contribution in [0.2, 0.25) is 0 Å². The first-order chi connectivity index (χ1) is 8.42. The molecule has 0 unspecified atom stereocenters. The molecular formula is C13H19ClN4. The van der Waals surface area contributed by atoms with Gasteiger partial charge in [0.2, 0.25) is 5.95 Å². The Balaban J connectivity index is 0.00000120. The maximum Gasteiger partial charge on any atom is 0.201 e. The van der Waals surface area contributed by atoms with Crippen molar-refractivity contribution in [2.75, 3.05) is 25.0 Å². The second-order valence-corrected chi connectivity index (χ2v) is 4.68. The number of rotatable bonds is 3. The lowest BCUT2D eigenvalue weighted by atomic mass is 9.98. The fourth-order valence-corrected chi connectivity index (χ4v) is 2.36. The first kappa shape index (κ1) is 13.2. The molecule has 1 aromatic heterocycles. The van der Waals surface area contributed by atoms with Gasteiger partial charge in [0.1, 0.15) is 0 Å². The van der Waals surface area contributed by atoms with Crippen molar-refractivity contribution in [3.63, 3.8) is 0 Å². The molecule has 1 aromatic carbocycles. The van der Waals surface area contributed by atoms with Crippen molar-refractivity contribution in [1.82, 2.24) is 15.3 Å². The molecule has 1 saturated heterocycles. The van der Waals surface area contributed by atoms with Gasteiger partial charge in [0, 0.05) is 6.54 Å². The highest BCUT2D eigenvalue weighted by molar-refractivity contribution is 5.85. The molecule has 4 nitrogen and oxygen atoms in total. The van der Waals surface area contributed by atoms with Crippen molar-refractivity contribution in [1.29, 1.82) is 0 Å². The topological polar surface area (TPSA) is 52.7 Å². The predicted octanol–water partition coefficient (Wildman–Crippen LogP) is 2.40. The van der Waals surface area contributed by atoms with Gasteiger partial charge in [-0.15, -0.1) is 12.4 Å². The van der Waals surface area contributed by atoms with Gasteiger partial charge in [0.05, 0.1) is 11.0 Å². The summed E-state index contributed by atoms with van der Waals surface area (Å²) >= 11 is 0. The number of para-hydroxylation sites is 2. The second kappa shape index (κ2) is 6.07. The van der Waals surface area contributed by atoms with Crippen molar-refractivity contribution >= 4 is 29.4 Å². The Hall–Kier alpha value is -1.26. The van der Waals surface area contributed by atoms with Gasteiger partial charge in [0.25, 0.3) is 0 Å². The molecular weight excluding hydrogens is 248 g/mol. The van der Waals surface area contributed by atoms with Gasteiger partial charge in [-0.3, -0.25) is 0 Å². The van der Waals surface area contributed by atoms with Crippen LogP contribution in [-0.4, -0.2) is 29.6 Å². The maximum atomic E-state index is 4.51. The second-order valence-electron chi connectivity index (χ2n) is 4.68. The molecule has 1 fully saturated rings. The molecule has 1 aliphatic heterocycles. The number of H-pyrrole nitrogens is 1. The van der Waals surface area contributed by atoms with Gasteiger partial charge >= 0.3 is 0 Å². The Morgan fingerprint density at radius 1 is 1.22 bits per heavy atom. The number of piperidine rings is 1. The van der Waals surface area contributed by atoms with Gasteiger partial charge in [-0.05, 0) is 44.0 Å². The smallest absolute Gasteiger partial charge is 0.201 e. The zero-order valence-electron chi connectivity index (χ0n) is 10.3. The van der Waals surface area contributed by atoms with Gasteiger partial charge in [0.15, 0.2) is 0 Å². The molecule has 0 spiro atoms. The minimum absolute atomic E-state index is 0. The lowest BCUT2D eigenvalue weighted by molar-refractivity contribution is 0.389. The van der Waals surface area contributed by atoms with E-state index in [9.17, 15) is 0 Å². The van der Waals surface area contributed by atoms with Crippen LogP contribution in [0.3, 0.4) is 0 Å². The van der Waals surface area contributed by atoms with E-state index in [4.69, 9.17) is 0 Å². The van der Waals surface area contributed by atoms with Crippen LogP contribution >= 0.6 is 12.4 Å². The molecule has 2 aromatic rings. The van der Waals surface area contributed by atoms with Crippen LogP contribution in [0.15, 0.2) is 24.3 Å². The number of aromatic nitrogens is 2. The first-order valence-corrected chi connectivity index (χ1v) is 6.31. The molecule has 3 rings (SSSR count). The quantitative estimate of drug-likeness (QED) is 0.800. The summed E-state index contributed by atoms with van der Waals surface area (Å²) in [6, 6.07) is 8.12. The molecule has 0 radical (unpaired) electrons. The van der Waals surface area contributed by atoms with E-state index in [2.05, 4.69) is 26.7 Å². The molecule has 0 atom stereocenters. The normalized spacial score (nSPS) is 16.4. The number of nitrogens with zero attached hydrogens (tertiary/aromatic N) is 1. The number of halogens is 1. The van der Waals surface area contributed by atoms with Gasteiger partial charge in [-0.25, -0.2) is 4.98 Å². The average Bonchev–Trinajstić information content (AvgIpc) is 2.80. The van der Waals surface area contributed by atoms with Crippen molar-refractivity contribution in [3.8, 4) is 0 Å². The number of hydrogen-bond acceptors (Lipinski definition) is 3. The summed E-state index contributed by atoms with van der Waals surface area (Å²) in [4.78, 5) is 7.81. The predicted molar refractivity (Wildman–Crippen MR) is 77.4 cm³/mol. The number of fused-ring (bicyclic) bond motifs is 1. The van der Waals surface area contributed by atoms with Crippen molar-refractivity contribution < 1.29 is 0 Å². The standard InChI is InChI=1S/C13H18N4.ClH/c1-2-4-12-11(3-1)16-13(17-12)15-9-10-5-7-14-8-6-10;/h1-4,10,14H,5-9H2,(H2,15,16,17);1H. The third-order valence-electron chi connectivity index (χ3n) is 3.41. The number of imidazole rings is 1. The van der Waals surface area contributed by atoms with E-state index in [1.54, 1.807) is 0 Å². The van der Waals surface area contributed by atoms with Crippen LogP contribution in [0, 0.1) is 5.92 Å². The van der Waals surface area contributed by atoms with Crippen LogP contribution in [0.5, 0.6) is 0 Å². The highest BCUT2D eigenvalue weighted by Gasteiger charge is 2.13. The minimum atomic E-state index is 0. The lowest BCUT2D eigenvalue weighted by Crippen LogP contribution is -2.31. The molecule has 0 saturated carbocycles. The van der Waals surface area contributed by atoms with Gasteiger partial charge < -0.3 is 15.6 Å². The Labute approximate surface area is 113 Å². The summed E-state index contributed by atoms with van der Waals surface area (Å²) in [6.07, 6.45) is 2.51. The monoisotopic (exact) mass is 266 g/mol. The molecule has 3 N–H and O–H groups in total. The molecule has 0 aliphatic carbocycles. The van der Waals surface area contributed by atoms with Crippen LogP contribution in [0.25, 0.3) is 11.0 Å². The number of hydrogen-bond donors (Lipinski definition) is 3. The summed E-state index contributed by atoms with van der Waals surface area (Å²) in [5.41, 5.74) is 2.13. The van der Waals surface area contributed by atoms with Crippen LogP contribution in [0.1, 0.15) is 12.8 Å². The van der Waals surface area contributed by atoms with E-state index in [1.165, 1.54) is 12.8 Å². The molecule has 0 bridgehead atoms. The fraction of sp³-hybridized carbons (Fsp3) is 0.462. The Morgan fingerprint density at radius 3 is 2.78 bits per heavy atom. The number of benzene rings is 1. The Kier molecular flexibility index (Phi) is 4.44. The van der Waals surface area contributed by atoms with Gasteiger partial charge in [-0.1, -0.05) is 12.1 Å². The van der Waals surface area contributed by atoms with E-state index in [0.717, 1.165) is 42.5 Å². The SMILES string of the molecule is Cl.c1ccc2[nH]c(NCC3CCNCC3)nc2c1. The molecule has 1 aliphatic rings. The van der Waals surface area contributed by atoms with Crippen LogP contribution in [0.4, 0.5) is 5.95 Å². The van der Waals surface area contributed by atoms with Crippen LogP contribution in [-0.2, 0) is 0 Å². The lowest BCUT2D eigenvalue weighted by Gasteiger charge is -2.22. The minimum Gasteiger partial charge on any atom is -0.356 e. The molecule has 0 amide bonds. The first-order valence-electron chi connectivity index (χ1n) is 6.31. The Morgan fingerprint density at radius 2 is 2.00 bits per heavy atom. The summed E-state index contributed by atoms with van der Waals surface area (Å²) in [6.45, 7) is 3.31. The fourth-order valence-electron chi connectivity index (χ4n) is 2.36. The van der Waals surface area contributed by atoms with Crippen molar-refractivity contribution in [3.05, 3.63) is 24.3 Å². The average molecular weight is 267 g/mol. The van der Waals surface area contributed by atoms with E-state index in [-0.39, 0.29) is 12.4 Å². The number of aromatic amines is 1.